The summed E-state index contributed by atoms with van der Waals surface area (Å²) in [6.07, 6.45) is 3.73. The van der Waals surface area contributed by atoms with Gasteiger partial charge in [0.15, 0.2) is 0 Å². The van der Waals surface area contributed by atoms with Gasteiger partial charge in [0.2, 0.25) is 0 Å². The van der Waals surface area contributed by atoms with Crippen molar-refractivity contribution in [2.75, 3.05) is 6.54 Å². The standard InChI is InChI=1S/C15H17ClN2O/c16-10-3-1-9(2-4-10)12-7-11-5-6-14-15(12)13(17-19)8-18(11)14/h1-4,11-12,14-15,19H,5-8H2/t11-,12+,14+,15+/m0/s1. The molecule has 0 aromatic heterocycles. The summed E-state index contributed by atoms with van der Waals surface area (Å²) in [7, 11) is 0. The van der Waals surface area contributed by atoms with Gasteiger partial charge in [-0.1, -0.05) is 28.9 Å². The molecule has 1 N–H and O–H groups in total. The van der Waals surface area contributed by atoms with Gasteiger partial charge in [-0.05, 0) is 42.9 Å². The Balaban J connectivity index is 1.74. The molecular weight excluding hydrogens is 260 g/mol. The Bertz CT molecular complexity index is 527. The second kappa shape index (κ2) is 4.22. The summed E-state index contributed by atoms with van der Waals surface area (Å²) in [5.41, 5.74) is 2.32. The van der Waals surface area contributed by atoms with Crippen LogP contribution >= 0.6 is 11.6 Å². The summed E-state index contributed by atoms with van der Waals surface area (Å²) >= 11 is 5.98. The van der Waals surface area contributed by atoms with Crippen LogP contribution in [0.5, 0.6) is 0 Å². The second-order valence-corrected chi connectivity index (χ2v) is 6.42. The van der Waals surface area contributed by atoms with E-state index in [0.29, 0.717) is 23.9 Å². The molecule has 0 spiro atoms. The summed E-state index contributed by atoms with van der Waals surface area (Å²) in [4.78, 5) is 2.55. The van der Waals surface area contributed by atoms with E-state index < -0.39 is 0 Å². The van der Waals surface area contributed by atoms with Crippen LogP contribution in [0.4, 0.5) is 0 Å². The number of halogens is 1. The average Bonchev–Trinajstić information content (AvgIpc) is 2.85. The summed E-state index contributed by atoms with van der Waals surface area (Å²) in [6, 6.07) is 9.46. The normalized spacial score (nSPS) is 41.9. The minimum absolute atomic E-state index is 0.393. The fourth-order valence-electron chi connectivity index (χ4n) is 4.46. The molecule has 19 heavy (non-hydrogen) atoms. The summed E-state index contributed by atoms with van der Waals surface area (Å²) in [5, 5.41) is 13.7. The first-order valence-corrected chi connectivity index (χ1v) is 7.38. The molecule has 100 valence electrons. The van der Waals surface area contributed by atoms with Gasteiger partial charge in [-0.15, -0.1) is 0 Å². The molecule has 4 bridgehead atoms. The van der Waals surface area contributed by atoms with Crippen LogP contribution in [0.1, 0.15) is 30.7 Å². The van der Waals surface area contributed by atoms with Crippen molar-refractivity contribution < 1.29 is 5.21 Å². The first-order valence-electron chi connectivity index (χ1n) is 7.00. The third-order valence-electron chi connectivity index (χ3n) is 5.22. The van der Waals surface area contributed by atoms with E-state index in [2.05, 4.69) is 22.2 Å². The van der Waals surface area contributed by atoms with Gasteiger partial charge in [-0.3, -0.25) is 4.90 Å². The quantitative estimate of drug-likeness (QED) is 0.632. The van der Waals surface area contributed by atoms with Crippen molar-refractivity contribution in [2.45, 2.75) is 37.3 Å². The van der Waals surface area contributed by atoms with Crippen LogP contribution in [-0.2, 0) is 0 Å². The lowest BCUT2D eigenvalue weighted by molar-refractivity contribution is 0.154. The van der Waals surface area contributed by atoms with E-state index in [0.717, 1.165) is 17.3 Å². The van der Waals surface area contributed by atoms with E-state index in [1.165, 1.54) is 24.8 Å². The predicted molar refractivity (Wildman–Crippen MR) is 75.0 cm³/mol. The molecule has 0 saturated carbocycles. The topological polar surface area (TPSA) is 35.8 Å². The molecule has 4 rings (SSSR count). The zero-order valence-electron chi connectivity index (χ0n) is 10.7. The molecule has 3 aliphatic rings. The SMILES string of the molecule is ON=C1CN2[C@H]3CC[C@@H]2[C@@H]1[C@@H](c1ccc(Cl)cc1)C3. The first kappa shape index (κ1) is 11.7. The Labute approximate surface area is 117 Å². The van der Waals surface area contributed by atoms with Crippen molar-refractivity contribution >= 4 is 17.3 Å². The minimum Gasteiger partial charge on any atom is -0.411 e. The van der Waals surface area contributed by atoms with Crippen LogP contribution in [0, 0.1) is 5.92 Å². The van der Waals surface area contributed by atoms with Crippen LogP contribution in [0.15, 0.2) is 29.4 Å². The molecular formula is C15H17ClN2O. The highest BCUT2D eigenvalue weighted by Gasteiger charge is 2.54. The van der Waals surface area contributed by atoms with Gasteiger partial charge >= 0.3 is 0 Å². The lowest BCUT2D eigenvalue weighted by Gasteiger charge is -2.36. The molecule has 0 radical (unpaired) electrons. The lowest BCUT2D eigenvalue weighted by atomic mass is 9.77. The Kier molecular flexibility index (Phi) is 2.61. The van der Waals surface area contributed by atoms with Gasteiger partial charge in [0.05, 0.1) is 5.71 Å². The van der Waals surface area contributed by atoms with Gasteiger partial charge in [0.1, 0.15) is 0 Å². The first-order chi connectivity index (χ1) is 9.28. The fourth-order valence-corrected chi connectivity index (χ4v) is 4.58. The van der Waals surface area contributed by atoms with Gasteiger partial charge in [-0.2, -0.15) is 0 Å². The maximum Gasteiger partial charge on any atom is 0.0763 e. The van der Waals surface area contributed by atoms with E-state index in [9.17, 15) is 5.21 Å². The van der Waals surface area contributed by atoms with Crippen molar-refractivity contribution in [1.82, 2.24) is 4.90 Å². The molecule has 1 aromatic carbocycles. The van der Waals surface area contributed by atoms with Crippen LogP contribution in [0.2, 0.25) is 5.02 Å². The van der Waals surface area contributed by atoms with Crippen molar-refractivity contribution in [3.8, 4) is 0 Å². The third kappa shape index (κ3) is 1.65. The number of benzene rings is 1. The van der Waals surface area contributed by atoms with Crippen molar-refractivity contribution in [2.24, 2.45) is 11.1 Å². The van der Waals surface area contributed by atoms with Crippen LogP contribution in [-0.4, -0.2) is 34.4 Å². The zero-order valence-corrected chi connectivity index (χ0v) is 11.4. The molecule has 1 unspecified atom stereocenters. The molecule has 4 heteroatoms. The minimum atomic E-state index is 0.393. The van der Waals surface area contributed by atoms with Crippen molar-refractivity contribution in [3.63, 3.8) is 0 Å². The Morgan fingerprint density at radius 1 is 1.21 bits per heavy atom. The highest BCUT2D eigenvalue weighted by Crippen LogP contribution is 2.51. The number of oxime groups is 1. The highest BCUT2D eigenvalue weighted by molar-refractivity contribution is 6.30. The number of hydrogen-bond donors (Lipinski definition) is 1. The lowest BCUT2D eigenvalue weighted by Crippen LogP contribution is -2.40. The van der Waals surface area contributed by atoms with Gasteiger partial charge < -0.3 is 5.21 Å². The number of nitrogens with zero attached hydrogens (tertiary/aromatic N) is 2. The average molecular weight is 277 g/mol. The van der Waals surface area contributed by atoms with Crippen molar-refractivity contribution in [3.05, 3.63) is 34.9 Å². The Morgan fingerprint density at radius 3 is 2.74 bits per heavy atom. The van der Waals surface area contributed by atoms with E-state index in [1.54, 1.807) is 0 Å². The van der Waals surface area contributed by atoms with E-state index >= 15 is 0 Å². The maximum atomic E-state index is 9.29. The summed E-state index contributed by atoms with van der Waals surface area (Å²) in [6.45, 7) is 0.862. The Morgan fingerprint density at radius 2 is 2.00 bits per heavy atom. The zero-order chi connectivity index (χ0) is 13.0. The molecule has 3 nitrogen and oxygen atoms in total. The van der Waals surface area contributed by atoms with Gasteiger partial charge in [0.25, 0.3) is 0 Å². The number of hydrogen-bond acceptors (Lipinski definition) is 3. The largest absolute Gasteiger partial charge is 0.411 e. The number of piperidine rings is 1. The summed E-state index contributed by atoms with van der Waals surface area (Å²) in [5.74, 6) is 0.879. The third-order valence-corrected chi connectivity index (χ3v) is 5.47. The van der Waals surface area contributed by atoms with Crippen LogP contribution in [0.25, 0.3) is 0 Å². The van der Waals surface area contributed by atoms with Gasteiger partial charge in [0, 0.05) is 29.6 Å². The molecule has 3 aliphatic heterocycles. The molecule has 3 heterocycles. The molecule has 0 aliphatic carbocycles. The Hall–Kier alpha value is -1.06. The monoisotopic (exact) mass is 276 g/mol. The predicted octanol–water partition coefficient (Wildman–Crippen LogP) is 3.12. The van der Waals surface area contributed by atoms with E-state index in [-0.39, 0.29) is 0 Å². The van der Waals surface area contributed by atoms with Crippen LogP contribution in [0.3, 0.4) is 0 Å². The fraction of sp³-hybridized carbons (Fsp3) is 0.533. The van der Waals surface area contributed by atoms with Gasteiger partial charge in [-0.25, -0.2) is 0 Å². The smallest absolute Gasteiger partial charge is 0.0763 e. The highest BCUT2D eigenvalue weighted by atomic mass is 35.5. The summed E-state index contributed by atoms with van der Waals surface area (Å²) < 4.78 is 0. The van der Waals surface area contributed by atoms with Crippen LogP contribution < -0.4 is 0 Å². The maximum absolute atomic E-state index is 9.29. The molecule has 3 saturated heterocycles. The van der Waals surface area contributed by atoms with E-state index in [1.807, 2.05) is 12.1 Å². The second-order valence-electron chi connectivity index (χ2n) is 5.98. The molecule has 5 atom stereocenters. The molecule has 1 aromatic rings. The molecule has 0 amide bonds. The number of rotatable bonds is 1. The van der Waals surface area contributed by atoms with E-state index in [4.69, 9.17) is 11.6 Å². The molecule has 3 fully saturated rings. The van der Waals surface area contributed by atoms with Crippen molar-refractivity contribution in [1.29, 1.82) is 0 Å².